The van der Waals surface area contributed by atoms with Crippen molar-refractivity contribution in [1.82, 2.24) is 25.6 Å². The lowest BCUT2D eigenvalue weighted by atomic mass is 10.1. The van der Waals surface area contributed by atoms with Crippen molar-refractivity contribution in [2.75, 3.05) is 0 Å². The SMILES string of the molecule is CCC(NC(=O)[C@H](Cc1nccs1)NC(=O)c1ccc(-c2ccccc2Cl)nc1)C(=O)c1nc2ccccc2o1. The van der Waals surface area contributed by atoms with Crippen molar-refractivity contribution in [3.8, 4) is 11.3 Å². The number of Topliss-reactive ketones (excluding diaryl/α,β-unsaturated/α-hetero) is 1. The molecule has 0 saturated heterocycles. The molecule has 40 heavy (non-hydrogen) atoms. The molecule has 0 fully saturated rings. The lowest BCUT2D eigenvalue weighted by molar-refractivity contribution is -0.123. The van der Waals surface area contributed by atoms with Crippen LogP contribution >= 0.6 is 22.9 Å². The normalized spacial score (nSPS) is 12.6. The van der Waals surface area contributed by atoms with Crippen molar-refractivity contribution < 1.29 is 18.8 Å². The highest BCUT2D eigenvalue weighted by atomic mass is 35.5. The highest BCUT2D eigenvalue weighted by molar-refractivity contribution is 7.09. The molecule has 5 aromatic rings. The van der Waals surface area contributed by atoms with Crippen molar-refractivity contribution in [3.05, 3.63) is 99.9 Å². The Bertz CT molecular complexity index is 1620. The quantitative estimate of drug-likeness (QED) is 0.222. The molecule has 0 radical (unpaired) electrons. The molecule has 0 spiro atoms. The van der Waals surface area contributed by atoms with Gasteiger partial charge in [0.25, 0.3) is 11.8 Å². The van der Waals surface area contributed by atoms with Gasteiger partial charge in [0, 0.05) is 34.8 Å². The van der Waals surface area contributed by atoms with E-state index in [4.69, 9.17) is 16.0 Å². The number of pyridine rings is 1. The molecule has 9 nitrogen and oxygen atoms in total. The summed E-state index contributed by atoms with van der Waals surface area (Å²) in [6.45, 7) is 1.77. The second-order valence-electron chi connectivity index (χ2n) is 8.89. The van der Waals surface area contributed by atoms with Crippen LogP contribution in [0.4, 0.5) is 0 Å². The molecule has 0 aliphatic heterocycles. The molecule has 5 rings (SSSR count). The Morgan fingerprint density at radius 1 is 0.975 bits per heavy atom. The van der Waals surface area contributed by atoms with E-state index in [2.05, 4.69) is 25.6 Å². The predicted octanol–water partition coefficient (Wildman–Crippen LogP) is 5.12. The summed E-state index contributed by atoms with van der Waals surface area (Å²) in [6, 6.07) is 15.7. The molecule has 2 amide bonds. The number of halogens is 1. The van der Waals surface area contributed by atoms with Gasteiger partial charge in [-0.3, -0.25) is 19.4 Å². The van der Waals surface area contributed by atoms with Gasteiger partial charge < -0.3 is 15.1 Å². The molecule has 0 saturated carbocycles. The van der Waals surface area contributed by atoms with Gasteiger partial charge in [0.2, 0.25) is 11.7 Å². The van der Waals surface area contributed by atoms with Crippen LogP contribution in [-0.4, -0.2) is 44.6 Å². The van der Waals surface area contributed by atoms with E-state index in [1.165, 1.54) is 17.5 Å². The molecule has 11 heteroatoms. The molecule has 0 aliphatic carbocycles. The summed E-state index contributed by atoms with van der Waals surface area (Å²) >= 11 is 7.63. The Kier molecular flexibility index (Phi) is 8.28. The third-order valence-electron chi connectivity index (χ3n) is 6.21. The minimum atomic E-state index is -0.993. The zero-order valence-corrected chi connectivity index (χ0v) is 22.9. The lowest BCUT2D eigenvalue weighted by Gasteiger charge is -2.21. The summed E-state index contributed by atoms with van der Waals surface area (Å²) in [5, 5.41) is 8.52. The molecular formula is C29H24ClN5O4S. The molecule has 2 N–H and O–H groups in total. The number of hydrogen-bond acceptors (Lipinski definition) is 8. The monoisotopic (exact) mass is 573 g/mol. The van der Waals surface area contributed by atoms with Crippen LogP contribution < -0.4 is 10.6 Å². The van der Waals surface area contributed by atoms with E-state index in [9.17, 15) is 14.4 Å². The summed E-state index contributed by atoms with van der Waals surface area (Å²) < 4.78 is 5.61. The zero-order valence-electron chi connectivity index (χ0n) is 21.3. The van der Waals surface area contributed by atoms with Crippen LogP contribution in [0.1, 0.15) is 39.4 Å². The van der Waals surface area contributed by atoms with Gasteiger partial charge in [-0.25, -0.2) is 9.97 Å². The standard InChI is InChI=1S/C29H24ClN5O4S/c1-2-20(26(36)29-35-22-9-5-6-10-24(22)39-29)33-28(38)23(15-25-31-13-14-40-25)34-27(37)17-11-12-21(32-16-17)18-7-3-4-8-19(18)30/h3-14,16,20,23H,2,15H2,1H3,(H,33,38)(H,34,37)/t20?,23-/m0/s1. The minimum Gasteiger partial charge on any atom is -0.434 e. The first kappa shape index (κ1) is 27.2. The van der Waals surface area contributed by atoms with E-state index < -0.39 is 29.7 Å². The number of oxazole rings is 1. The van der Waals surface area contributed by atoms with Crippen molar-refractivity contribution in [3.63, 3.8) is 0 Å². The van der Waals surface area contributed by atoms with Crippen LogP contribution in [0.5, 0.6) is 0 Å². The second-order valence-corrected chi connectivity index (χ2v) is 10.3. The van der Waals surface area contributed by atoms with Crippen LogP contribution in [-0.2, 0) is 11.2 Å². The number of rotatable bonds is 10. The number of fused-ring (bicyclic) bond motifs is 1. The number of thiazole rings is 1. The zero-order chi connectivity index (χ0) is 28.1. The topological polar surface area (TPSA) is 127 Å². The first-order valence-corrected chi connectivity index (χ1v) is 13.8. The maximum atomic E-state index is 13.4. The fraction of sp³-hybridized carbons (Fsp3) is 0.172. The Morgan fingerprint density at radius 3 is 2.48 bits per heavy atom. The predicted molar refractivity (Wildman–Crippen MR) is 152 cm³/mol. The average Bonchev–Trinajstić information content (AvgIpc) is 3.65. The largest absolute Gasteiger partial charge is 0.434 e. The number of nitrogens with one attached hydrogen (secondary N) is 2. The average molecular weight is 574 g/mol. The summed E-state index contributed by atoms with van der Waals surface area (Å²) in [7, 11) is 0. The van der Waals surface area contributed by atoms with Gasteiger partial charge in [-0.1, -0.05) is 48.9 Å². The van der Waals surface area contributed by atoms with Crippen LogP contribution in [0.2, 0.25) is 5.02 Å². The Labute approximate surface area is 238 Å². The van der Waals surface area contributed by atoms with Gasteiger partial charge in [0.1, 0.15) is 11.6 Å². The van der Waals surface area contributed by atoms with Gasteiger partial charge in [0.15, 0.2) is 5.58 Å². The number of aromatic nitrogens is 3. The minimum absolute atomic E-state index is 0.0847. The summed E-state index contributed by atoms with van der Waals surface area (Å²) in [6.07, 6.45) is 3.50. The Hall–Kier alpha value is -4.41. The number of nitrogens with zero attached hydrogens (tertiary/aromatic N) is 3. The summed E-state index contributed by atoms with van der Waals surface area (Å²) in [5.41, 5.74) is 2.65. The van der Waals surface area contributed by atoms with E-state index in [1.807, 2.05) is 18.2 Å². The fourth-order valence-electron chi connectivity index (χ4n) is 4.09. The molecule has 2 atom stereocenters. The maximum absolute atomic E-state index is 13.4. The van der Waals surface area contributed by atoms with Crippen LogP contribution in [0.3, 0.4) is 0 Å². The molecule has 0 bridgehead atoms. The van der Waals surface area contributed by atoms with Crippen LogP contribution in [0, 0.1) is 0 Å². The maximum Gasteiger partial charge on any atom is 0.266 e. The smallest absolute Gasteiger partial charge is 0.266 e. The fourth-order valence-corrected chi connectivity index (χ4v) is 4.98. The number of amides is 2. The number of ketones is 1. The first-order chi connectivity index (χ1) is 19.4. The van der Waals surface area contributed by atoms with Gasteiger partial charge >= 0.3 is 0 Å². The summed E-state index contributed by atoms with van der Waals surface area (Å²) in [4.78, 5) is 52.6. The number of carbonyl (C=O) groups excluding carboxylic acids is 3. The Morgan fingerprint density at radius 2 is 1.77 bits per heavy atom. The van der Waals surface area contributed by atoms with Crippen LogP contribution in [0.15, 0.2) is 82.9 Å². The molecule has 2 aromatic carbocycles. The molecule has 3 heterocycles. The van der Waals surface area contributed by atoms with Gasteiger partial charge in [-0.2, -0.15) is 0 Å². The molecular weight excluding hydrogens is 550 g/mol. The van der Waals surface area contributed by atoms with Crippen molar-refractivity contribution in [2.24, 2.45) is 0 Å². The van der Waals surface area contributed by atoms with Crippen LogP contribution in [0.25, 0.3) is 22.4 Å². The third kappa shape index (κ3) is 6.08. The van der Waals surface area contributed by atoms with E-state index in [1.54, 1.807) is 61.0 Å². The van der Waals surface area contributed by atoms with Gasteiger partial charge in [0.05, 0.1) is 22.3 Å². The molecule has 202 valence electrons. The third-order valence-corrected chi connectivity index (χ3v) is 7.34. The van der Waals surface area contributed by atoms with E-state index in [0.29, 0.717) is 33.2 Å². The summed E-state index contributed by atoms with van der Waals surface area (Å²) in [5.74, 6) is -1.56. The number of hydrogen-bond donors (Lipinski definition) is 2. The number of para-hydroxylation sites is 2. The number of benzene rings is 2. The van der Waals surface area contributed by atoms with E-state index in [0.717, 1.165) is 5.56 Å². The Balaban J connectivity index is 1.32. The highest BCUT2D eigenvalue weighted by Gasteiger charge is 2.30. The lowest BCUT2D eigenvalue weighted by Crippen LogP contribution is -2.52. The number of carbonyl (C=O) groups is 3. The van der Waals surface area contributed by atoms with Crippen molar-refractivity contribution in [2.45, 2.75) is 31.8 Å². The molecule has 3 aromatic heterocycles. The van der Waals surface area contributed by atoms with Crippen molar-refractivity contribution in [1.29, 1.82) is 0 Å². The first-order valence-electron chi connectivity index (χ1n) is 12.5. The van der Waals surface area contributed by atoms with Gasteiger partial charge in [-0.15, -0.1) is 11.3 Å². The van der Waals surface area contributed by atoms with E-state index >= 15 is 0 Å². The molecule has 0 aliphatic rings. The van der Waals surface area contributed by atoms with Crippen molar-refractivity contribution >= 4 is 51.6 Å². The second kappa shape index (κ2) is 12.2. The molecule has 1 unspecified atom stereocenters. The van der Waals surface area contributed by atoms with Gasteiger partial charge in [-0.05, 0) is 36.8 Å². The highest BCUT2D eigenvalue weighted by Crippen LogP contribution is 2.25. The van der Waals surface area contributed by atoms with E-state index in [-0.39, 0.29) is 17.9 Å².